The molecule has 1 aromatic rings. The molecule has 0 fully saturated rings. The Morgan fingerprint density at radius 1 is 1.20 bits per heavy atom. The molecule has 0 aliphatic heterocycles. The molecule has 112 valence electrons. The Bertz CT molecular complexity index is 571. The second-order valence-corrected chi connectivity index (χ2v) is 5.89. The molecule has 0 saturated carbocycles. The number of methoxy groups -OCH3 is 2. The highest BCUT2D eigenvalue weighted by atomic mass is 32.2. The summed E-state index contributed by atoms with van der Waals surface area (Å²) in [6.07, 6.45) is 0. The normalized spacial score (nSPS) is 10.9. The third kappa shape index (κ3) is 4.39. The van der Waals surface area contributed by atoms with Gasteiger partial charge in [0.15, 0.2) is 11.5 Å². The fourth-order valence-electron chi connectivity index (χ4n) is 1.48. The highest BCUT2D eigenvalue weighted by Gasteiger charge is 2.12. The Morgan fingerprint density at radius 3 is 2.40 bits per heavy atom. The van der Waals surface area contributed by atoms with Crippen molar-refractivity contribution in [2.24, 2.45) is 0 Å². The molecule has 0 heterocycles. The Hall–Kier alpha value is -1.80. The van der Waals surface area contributed by atoms with Gasteiger partial charge in [0, 0.05) is 12.1 Å². The Kier molecular flexibility index (Phi) is 5.78. The maximum Gasteiger partial charge on any atom is 0.251 e. The highest BCUT2D eigenvalue weighted by Crippen LogP contribution is 2.27. The maximum absolute atomic E-state index is 11.9. The van der Waals surface area contributed by atoms with Crippen molar-refractivity contribution in [3.8, 4) is 11.5 Å². The van der Waals surface area contributed by atoms with Crippen molar-refractivity contribution in [2.45, 2.75) is 0 Å². The first-order chi connectivity index (χ1) is 9.43. The van der Waals surface area contributed by atoms with Crippen molar-refractivity contribution in [3.63, 3.8) is 0 Å². The molecule has 8 heteroatoms. The van der Waals surface area contributed by atoms with Crippen molar-refractivity contribution in [2.75, 3.05) is 33.6 Å². The first-order valence-electron chi connectivity index (χ1n) is 5.85. The number of amides is 1. The number of nitrogens with one attached hydrogen (secondary N) is 2. The highest BCUT2D eigenvalue weighted by molar-refractivity contribution is 7.89. The number of carbonyl (C=O) groups is 1. The van der Waals surface area contributed by atoms with E-state index in [0.717, 1.165) is 0 Å². The monoisotopic (exact) mass is 302 g/mol. The number of hydrogen-bond acceptors (Lipinski definition) is 5. The van der Waals surface area contributed by atoms with E-state index in [0.29, 0.717) is 17.1 Å². The second kappa shape index (κ2) is 7.11. The van der Waals surface area contributed by atoms with Gasteiger partial charge in [-0.05, 0) is 25.2 Å². The van der Waals surface area contributed by atoms with Crippen molar-refractivity contribution < 1.29 is 22.7 Å². The Morgan fingerprint density at radius 2 is 1.85 bits per heavy atom. The number of ether oxygens (including phenoxy) is 2. The average molecular weight is 302 g/mol. The molecule has 0 aromatic heterocycles. The molecule has 0 radical (unpaired) electrons. The van der Waals surface area contributed by atoms with Crippen LogP contribution in [-0.2, 0) is 10.0 Å². The van der Waals surface area contributed by atoms with E-state index >= 15 is 0 Å². The van der Waals surface area contributed by atoms with E-state index in [2.05, 4.69) is 10.0 Å². The lowest BCUT2D eigenvalue weighted by molar-refractivity contribution is 0.0955. The predicted molar refractivity (Wildman–Crippen MR) is 74.7 cm³/mol. The molecule has 0 aliphatic rings. The minimum Gasteiger partial charge on any atom is -0.493 e. The van der Waals surface area contributed by atoms with Gasteiger partial charge in [-0.15, -0.1) is 0 Å². The maximum atomic E-state index is 11.9. The molecule has 0 bridgehead atoms. The van der Waals surface area contributed by atoms with Crippen LogP contribution in [0.5, 0.6) is 11.5 Å². The van der Waals surface area contributed by atoms with Crippen molar-refractivity contribution >= 4 is 15.9 Å². The van der Waals surface area contributed by atoms with Gasteiger partial charge in [0.25, 0.3) is 5.91 Å². The largest absolute Gasteiger partial charge is 0.493 e. The molecule has 1 rings (SSSR count). The van der Waals surface area contributed by atoms with E-state index in [4.69, 9.17) is 9.47 Å². The minimum absolute atomic E-state index is 0.0242. The second-order valence-electron chi connectivity index (χ2n) is 3.85. The summed E-state index contributed by atoms with van der Waals surface area (Å²) in [6, 6.07) is 4.71. The fraction of sp³-hybridized carbons (Fsp3) is 0.417. The van der Waals surface area contributed by atoms with Gasteiger partial charge in [-0.3, -0.25) is 4.79 Å². The smallest absolute Gasteiger partial charge is 0.251 e. The van der Waals surface area contributed by atoms with Crippen LogP contribution in [0.2, 0.25) is 0 Å². The standard InChI is InChI=1S/C12H18N2O5S/c1-13-20(16,17)7-6-14-12(15)9-4-5-10(18-2)11(8-9)19-3/h4-5,8,13H,6-7H2,1-3H3,(H,14,15). The summed E-state index contributed by atoms with van der Waals surface area (Å²) >= 11 is 0. The summed E-state index contributed by atoms with van der Waals surface area (Å²) in [5, 5.41) is 2.52. The minimum atomic E-state index is -3.33. The molecule has 1 amide bonds. The zero-order chi connectivity index (χ0) is 15.2. The molecule has 1 aromatic carbocycles. The molecule has 0 aliphatic carbocycles. The van der Waals surface area contributed by atoms with Gasteiger partial charge in [-0.25, -0.2) is 13.1 Å². The molecule has 2 N–H and O–H groups in total. The van der Waals surface area contributed by atoms with Gasteiger partial charge >= 0.3 is 0 Å². The van der Waals surface area contributed by atoms with Crippen LogP contribution in [0.1, 0.15) is 10.4 Å². The Balaban J connectivity index is 2.69. The molecular weight excluding hydrogens is 284 g/mol. The van der Waals surface area contributed by atoms with Crippen molar-refractivity contribution in [1.82, 2.24) is 10.0 Å². The van der Waals surface area contributed by atoms with E-state index < -0.39 is 10.0 Å². The van der Waals surface area contributed by atoms with Gasteiger partial charge in [0.2, 0.25) is 10.0 Å². The summed E-state index contributed by atoms with van der Waals surface area (Å²) in [5.41, 5.74) is 0.365. The number of rotatable bonds is 7. The summed E-state index contributed by atoms with van der Waals surface area (Å²) in [6.45, 7) is 0.0242. The van der Waals surface area contributed by atoms with Crippen LogP contribution in [0.3, 0.4) is 0 Å². The third-order valence-electron chi connectivity index (χ3n) is 2.61. The molecule has 7 nitrogen and oxygen atoms in total. The van der Waals surface area contributed by atoms with E-state index in [1.165, 1.54) is 27.3 Å². The SMILES string of the molecule is CNS(=O)(=O)CCNC(=O)c1ccc(OC)c(OC)c1. The Labute approximate surface area is 118 Å². The van der Waals surface area contributed by atoms with Gasteiger partial charge in [-0.2, -0.15) is 0 Å². The van der Waals surface area contributed by atoms with Gasteiger partial charge in [0.1, 0.15) is 0 Å². The summed E-state index contributed by atoms with van der Waals surface area (Å²) in [5.74, 6) is 0.393. The van der Waals surface area contributed by atoms with Crippen LogP contribution in [0.15, 0.2) is 18.2 Å². The van der Waals surface area contributed by atoms with E-state index in [1.54, 1.807) is 12.1 Å². The number of carbonyl (C=O) groups excluding carboxylic acids is 1. The molecule has 0 atom stereocenters. The first-order valence-corrected chi connectivity index (χ1v) is 7.50. The number of hydrogen-bond donors (Lipinski definition) is 2. The fourth-order valence-corrected chi connectivity index (χ4v) is 2.06. The molecule has 0 saturated heterocycles. The molecule has 0 unspecified atom stereocenters. The zero-order valence-corrected chi connectivity index (χ0v) is 12.4. The molecule has 20 heavy (non-hydrogen) atoms. The van der Waals surface area contributed by atoms with Crippen LogP contribution < -0.4 is 19.5 Å². The van der Waals surface area contributed by atoms with Gasteiger partial charge < -0.3 is 14.8 Å². The summed E-state index contributed by atoms with van der Waals surface area (Å²) in [7, 11) is 0.966. The van der Waals surface area contributed by atoms with Gasteiger partial charge in [0.05, 0.1) is 20.0 Å². The quantitative estimate of drug-likeness (QED) is 0.738. The van der Waals surface area contributed by atoms with Crippen molar-refractivity contribution in [1.29, 1.82) is 0 Å². The van der Waals surface area contributed by atoms with E-state index in [1.807, 2.05) is 0 Å². The molecular formula is C12H18N2O5S. The number of benzene rings is 1. The number of sulfonamides is 1. The third-order valence-corrected chi connectivity index (χ3v) is 3.98. The van der Waals surface area contributed by atoms with Crippen molar-refractivity contribution in [3.05, 3.63) is 23.8 Å². The van der Waals surface area contributed by atoms with Crippen LogP contribution in [-0.4, -0.2) is 47.9 Å². The lowest BCUT2D eigenvalue weighted by atomic mass is 10.2. The van der Waals surface area contributed by atoms with Gasteiger partial charge in [-0.1, -0.05) is 0 Å². The van der Waals surface area contributed by atoms with Crippen LogP contribution in [0, 0.1) is 0 Å². The topological polar surface area (TPSA) is 93.7 Å². The zero-order valence-electron chi connectivity index (χ0n) is 11.6. The molecule has 0 spiro atoms. The summed E-state index contributed by atoms with van der Waals surface area (Å²) in [4.78, 5) is 11.9. The lowest BCUT2D eigenvalue weighted by Gasteiger charge is -2.10. The van der Waals surface area contributed by atoms with Crippen LogP contribution in [0.25, 0.3) is 0 Å². The predicted octanol–water partition coefficient (Wildman–Crippen LogP) is -0.0172. The first kappa shape index (κ1) is 16.3. The summed E-state index contributed by atoms with van der Waals surface area (Å²) < 4.78 is 34.7. The average Bonchev–Trinajstić information content (AvgIpc) is 2.46. The van der Waals surface area contributed by atoms with Crippen LogP contribution >= 0.6 is 0 Å². The lowest BCUT2D eigenvalue weighted by Crippen LogP contribution is -2.32. The van der Waals surface area contributed by atoms with E-state index in [9.17, 15) is 13.2 Å². The van der Waals surface area contributed by atoms with E-state index in [-0.39, 0.29) is 18.2 Å². The van der Waals surface area contributed by atoms with Crippen LogP contribution in [0.4, 0.5) is 0 Å².